The molecule has 0 aromatic heterocycles. The predicted molar refractivity (Wildman–Crippen MR) is 190 cm³/mol. The Labute approximate surface area is 314 Å². The molecule has 0 rings (SSSR count). The number of unbranched alkanes of at least 4 members (excludes halogenated alkanes) is 5. The summed E-state index contributed by atoms with van der Waals surface area (Å²) in [6.45, 7) is 10.9. The van der Waals surface area contributed by atoms with Crippen LogP contribution in [0.5, 0.6) is 0 Å². The average Bonchev–Trinajstić information content (AvgIpc) is 3.15. The summed E-state index contributed by atoms with van der Waals surface area (Å²) in [5.74, 6) is -3.40. The van der Waals surface area contributed by atoms with Gasteiger partial charge in [-0.25, -0.2) is 4.79 Å². The summed E-state index contributed by atoms with van der Waals surface area (Å²) < 4.78 is 64.2. The van der Waals surface area contributed by atoms with E-state index in [1.54, 1.807) is 0 Å². The van der Waals surface area contributed by atoms with Gasteiger partial charge in [-0.05, 0) is 6.42 Å². The molecular formula is C36H66O17. The van der Waals surface area contributed by atoms with E-state index < -0.39 is 17.7 Å². The third-order valence-corrected chi connectivity index (χ3v) is 6.86. The van der Waals surface area contributed by atoms with E-state index in [2.05, 4.69) is 6.92 Å². The Kier molecular flexibility index (Phi) is 40.6. The Bertz CT molecular complexity index is 845. The molecule has 0 saturated heterocycles. The van der Waals surface area contributed by atoms with Gasteiger partial charge in [0.15, 0.2) is 0 Å². The van der Waals surface area contributed by atoms with Crippen molar-refractivity contribution in [3.63, 3.8) is 0 Å². The number of rotatable bonds is 44. The molecule has 17 nitrogen and oxygen atoms in total. The number of carboxylic acid groups (broad SMARTS) is 1. The maximum atomic E-state index is 11.7. The molecule has 0 atom stereocenters. The second kappa shape index (κ2) is 42.4. The Hall–Kier alpha value is -2.32. The van der Waals surface area contributed by atoms with Gasteiger partial charge in [0.05, 0.1) is 139 Å². The van der Waals surface area contributed by atoms with Crippen LogP contribution in [0, 0.1) is 0 Å². The average molecular weight is 771 g/mol. The summed E-state index contributed by atoms with van der Waals surface area (Å²) >= 11 is 0. The van der Waals surface area contributed by atoms with Crippen molar-refractivity contribution in [2.75, 3.05) is 145 Å². The molecule has 0 saturated carbocycles. The van der Waals surface area contributed by atoms with Crippen molar-refractivity contribution in [2.24, 2.45) is 0 Å². The monoisotopic (exact) mass is 770 g/mol. The largest absolute Gasteiger partial charge is 0.476 e. The molecular weight excluding hydrogens is 704 g/mol. The zero-order chi connectivity index (χ0) is 38.7. The predicted octanol–water partition coefficient (Wildman–Crippen LogP) is 2.42. The van der Waals surface area contributed by atoms with E-state index in [1.807, 2.05) is 0 Å². The van der Waals surface area contributed by atoms with E-state index in [0.29, 0.717) is 132 Å². The molecule has 0 radical (unpaired) electrons. The van der Waals surface area contributed by atoms with Gasteiger partial charge in [0.1, 0.15) is 13.2 Å². The number of ether oxygens (including phenoxy) is 12. The van der Waals surface area contributed by atoms with Crippen LogP contribution < -0.4 is 0 Å². The first kappa shape index (κ1) is 50.7. The maximum absolute atomic E-state index is 11.7. The molecule has 1 N–H and O–H groups in total. The number of Topliss-reactive ketones (excluding diaryl/α,β-unsaturated/α-hetero) is 1. The quantitative estimate of drug-likeness (QED) is 0.0538. The molecule has 0 aromatic rings. The minimum Gasteiger partial charge on any atom is -0.476 e. The molecule has 0 aliphatic rings. The van der Waals surface area contributed by atoms with Gasteiger partial charge in [-0.3, -0.25) is 14.4 Å². The van der Waals surface area contributed by atoms with Gasteiger partial charge in [0.2, 0.25) is 5.78 Å². The van der Waals surface area contributed by atoms with Crippen LogP contribution in [0.2, 0.25) is 0 Å². The van der Waals surface area contributed by atoms with Gasteiger partial charge in [-0.15, -0.1) is 0 Å². The third-order valence-electron chi connectivity index (χ3n) is 6.86. The van der Waals surface area contributed by atoms with E-state index in [4.69, 9.17) is 61.9 Å². The number of hydrogen-bond donors (Lipinski definition) is 1. The van der Waals surface area contributed by atoms with Crippen molar-refractivity contribution in [3.8, 4) is 0 Å². The molecule has 17 heteroatoms. The van der Waals surface area contributed by atoms with Crippen LogP contribution in [-0.4, -0.2) is 174 Å². The minimum absolute atomic E-state index is 0.0101. The van der Waals surface area contributed by atoms with Crippen LogP contribution in [0.1, 0.15) is 64.7 Å². The van der Waals surface area contributed by atoms with Crippen molar-refractivity contribution < 1.29 is 81.1 Å². The van der Waals surface area contributed by atoms with Gasteiger partial charge in [0.25, 0.3) is 0 Å². The Morgan fingerprint density at radius 3 is 0.906 bits per heavy atom. The highest BCUT2D eigenvalue weighted by Crippen LogP contribution is 2.07. The van der Waals surface area contributed by atoms with Crippen LogP contribution in [0.4, 0.5) is 0 Å². The first-order valence-corrected chi connectivity index (χ1v) is 18.8. The van der Waals surface area contributed by atoms with Crippen molar-refractivity contribution in [2.45, 2.75) is 64.7 Å². The van der Waals surface area contributed by atoms with Gasteiger partial charge in [-0.2, -0.15) is 0 Å². The van der Waals surface area contributed by atoms with Crippen LogP contribution in [0.25, 0.3) is 0 Å². The smallest absolute Gasteiger partial charge is 0.372 e. The first-order valence-electron chi connectivity index (χ1n) is 18.8. The third kappa shape index (κ3) is 42.3. The molecule has 312 valence electrons. The summed E-state index contributed by atoms with van der Waals surface area (Å²) in [7, 11) is 0. The van der Waals surface area contributed by atoms with Gasteiger partial charge >= 0.3 is 17.9 Å². The molecule has 0 fully saturated rings. The fourth-order valence-corrected chi connectivity index (χ4v) is 4.03. The lowest BCUT2D eigenvalue weighted by atomic mass is 10.1. The minimum atomic E-state index is -1.57. The van der Waals surface area contributed by atoms with E-state index in [1.165, 1.54) is 25.7 Å². The first-order chi connectivity index (χ1) is 26.0. The molecule has 0 aliphatic heterocycles. The molecule has 0 unspecified atom stereocenters. The highest BCUT2D eigenvalue weighted by Gasteiger charge is 2.14. The number of esters is 2. The normalized spacial score (nSPS) is 11.2. The Balaban J connectivity index is 3.15. The number of aliphatic carboxylic acids is 1. The second-order valence-corrected chi connectivity index (χ2v) is 11.3. The Morgan fingerprint density at radius 1 is 0.340 bits per heavy atom. The number of carboxylic acids is 1. The lowest BCUT2D eigenvalue weighted by molar-refractivity contribution is -0.151. The van der Waals surface area contributed by atoms with Crippen LogP contribution in [-0.2, 0) is 76.0 Å². The van der Waals surface area contributed by atoms with E-state index in [-0.39, 0.29) is 38.6 Å². The highest BCUT2D eigenvalue weighted by molar-refractivity contribution is 6.32. The van der Waals surface area contributed by atoms with E-state index >= 15 is 0 Å². The van der Waals surface area contributed by atoms with Crippen LogP contribution in [0.3, 0.4) is 0 Å². The maximum Gasteiger partial charge on any atom is 0.372 e. The summed E-state index contributed by atoms with van der Waals surface area (Å²) in [4.78, 5) is 44.3. The zero-order valence-corrected chi connectivity index (χ0v) is 31.9. The highest BCUT2D eigenvalue weighted by atomic mass is 16.6. The molecule has 0 heterocycles. The van der Waals surface area contributed by atoms with E-state index in [0.717, 1.165) is 12.8 Å². The SMILES string of the molecule is CCCCCCCCC(=O)OCCOCCOCCOCCOCCOCCOCCOCCOCCOCCOCCOC(=O)CCC(=O)C(=O)O. The lowest BCUT2D eigenvalue weighted by Gasteiger charge is -2.09. The molecule has 0 bridgehead atoms. The molecule has 0 aromatic carbocycles. The zero-order valence-electron chi connectivity index (χ0n) is 31.9. The molecule has 0 aliphatic carbocycles. The second-order valence-electron chi connectivity index (χ2n) is 11.3. The standard InChI is InChI=1S/C36H66O17/c1-2-3-4-5-6-7-8-34(38)52-31-29-50-27-25-48-23-21-46-19-17-44-15-13-42-11-12-43-14-16-45-18-20-47-22-24-49-26-28-51-30-32-53-35(39)10-9-33(37)36(40)41/h2-32H2,1H3,(H,40,41). The number of hydrogen-bond acceptors (Lipinski definition) is 16. The van der Waals surface area contributed by atoms with Gasteiger partial charge < -0.3 is 61.9 Å². The van der Waals surface area contributed by atoms with Crippen molar-refractivity contribution in [1.29, 1.82) is 0 Å². The van der Waals surface area contributed by atoms with Crippen molar-refractivity contribution >= 4 is 23.7 Å². The summed E-state index contributed by atoms with van der Waals surface area (Å²) in [6.07, 6.45) is 6.68. The fraction of sp³-hybridized carbons (Fsp3) is 0.889. The van der Waals surface area contributed by atoms with Gasteiger partial charge in [0, 0.05) is 12.8 Å². The Morgan fingerprint density at radius 2 is 0.604 bits per heavy atom. The van der Waals surface area contributed by atoms with Crippen molar-refractivity contribution in [3.05, 3.63) is 0 Å². The van der Waals surface area contributed by atoms with E-state index in [9.17, 15) is 19.2 Å². The number of carbonyl (C=O) groups excluding carboxylic acids is 3. The molecule has 0 amide bonds. The number of ketones is 1. The lowest BCUT2D eigenvalue weighted by Crippen LogP contribution is -2.17. The summed E-state index contributed by atoms with van der Waals surface area (Å²) in [6, 6.07) is 0. The summed E-state index contributed by atoms with van der Waals surface area (Å²) in [5, 5.41) is 8.45. The van der Waals surface area contributed by atoms with Crippen molar-refractivity contribution in [1.82, 2.24) is 0 Å². The van der Waals surface area contributed by atoms with Gasteiger partial charge in [-0.1, -0.05) is 39.0 Å². The molecule has 53 heavy (non-hydrogen) atoms. The van der Waals surface area contributed by atoms with Crippen LogP contribution >= 0.6 is 0 Å². The van der Waals surface area contributed by atoms with Crippen LogP contribution in [0.15, 0.2) is 0 Å². The topological polar surface area (TPSA) is 199 Å². The molecule has 0 spiro atoms. The summed E-state index contributed by atoms with van der Waals surface area (Å²) in [5.41, 5.74) is 0. The fourth-order valence-electron chi connectivity index (χ4n) is 4.03. The number of carbonyl (C=O) groups is 4.